The van der Waals surface area contributed by atoms with Gasteiger partial charge in [0.05, 0.1) is 18.7 Å². The molecule has 0 aliphatic heterocycles. The van der Waals surface area contributed by atoms with Crippen LogP contribution in [0.1, 0.15) is 16.8 Å². The molecule has 0 unspecified atom stereocenters. The van der Waals surface area contributed by atoms with Gasteiger partial charge in [0.2, 0.25) is 21.9 Å². The van der Waals surface area contributed by atoms with Gasteiger partial charge in [0.1, 0.15) is 12.3 Å². The second-order valence-electron chi connectivity index (χ2n) is 7.21. The molecule has 37 heavy (non-hydrogen) atoms. The molecule has 0 atom stereocenters. The molecule has 0 bridgehead atoms. The van der Waals surface area contributed by atoms with E-state index in [9.17, 15) is 31.2 Å². The van der Waals surface area contributed by atoms with Crippen LogP contribution >= 0.6 is 0 Å². The molecular weight excluding hydrogens is 525 g/mol. The molecule has 0 saturated heterocycles. The number of carboxylic acids is 1. The number of H-pyrrole nitrogens is 1. The molecule has 0 fully saturated rings. The van der Waals surface area contributed by atoms with Crippen molar-refractivity contribution in [3.05, 3.63) is 63.6 Å². The molecule has 0 radical (unpaired) electrons. The van der Waals surface area contributed by atoms with Crippen LogP contribution in [-0.2, 0) is 36.6 Å². The quantitative estimate of drug-likeness (QED) is 0.102. The summed E-state index contributed by atoms with van der Waals surface area (Å²) in [5.74, 6) is -3.74. The number of aryl methyl sites for hydroxylation is 1. The number of oxime groups is 1. The standard InChI is InChI=1S/C18H24N6O5S.C2HF3O2/c1-12-9-14(10-15(25)21-7-8-29-23-18(19)20)16(17(26)22-12)24-30(27,28)11-13-5-3-2-4-6-13;3-2(4,5)1(6)7/h2-6,9,24H,7-8,10-11H2,1H3,(H,21,25)(H,22,26)(H4,19,20,23);(H,6,7). The van der Waals surface area contributed by atoms with E-state index in [1.54, 1.807) is 37.3 Å². The van der Waals surface area contributed by atoms with E-state index >= 15 is 0 Å². The Hall–Kier alpha value is -4.28. The van der Waals surface area contributed by atoms with Crippen LogP contribution in [0.5, 0.6) is 0 Å². The molecule has 13 nitrogen and oxygen atoms in total. The molecule has 0 spiro atoms. The van der Waals surface area contributed by atoms with Crippen molar-refractivity contribution in [3.8, 4) is 0 Å². The van der Waals surface area contributed by atoms with E-state index in [2.05, 4.69) is 20.2 Å². The average molecular weight is 551 g/mol. The highest BCUT2D eigenvalue weighted by Crippen LogP contribution is 2.16. The summed E-state index contributed by atoms with van der Waals surface area (Å²) < 4.78 is 59.1. The lowest BCUT2D eigenvalue weighted by Gasteiger charge is -2.13. The highest BCUT2D eigenvalue weighted by atomic mass is 32.2. The minimum Gasteiger partial charge on any atom is -0.475 e. The van der Waals surface area contributed by atoms with Crippen molar-refractivity contribution in [2.24, 2.45) is 16.6 Å². The van der Waals surface area contributed by atoms with Crippen molar-refractivity contribution in [2.45, 2.75) is 25.3 Å². The number of rotatable bonds is 10. The minimum absolute atomic E-state index is 0.0363. The third-order valence-electron chi connectivity index (χ3n) is 3.99. The highest BCUT2D eigenvalue weighted by Gasteiger charge is 2.38. The van der Waals surface area contributed by atoms with Crippen molar-refractivity contribution in [1.29, 1.82) is 0 Å². The van der Waals surface area contributed by atoms with Gasteiger partial charge in [0.25, 0.3) is 5.56 Å². The SMILES string of the molecule is Cc1cc(CC(=O)NCCON=C(N)N)c(NS(=O)(=O)Cc2ccccc2)c(=O)[nH]1.O=C(O)C(F)(F)F. The molecule has 204 valence electrons. The molecular formula is C20H25F3N6O7S. The minimum atomic E-state index is -5.08. The summed E-state index contributed by atoms with van der Waals surface area (Å²) in [4.78, 5) is 40.8. The van der Waals surface area contributed by atoms with Crippen molar-refractivity contribution in [1.82, 2.24) is 10.3 Å². The molecule has 0 aliphatic rings. The van der Waals surface area contributed by atoms with Gasteiger partial charge >= 0.3 is 12.1 Å². The fourth-order valence-electron chi connectivity index (χ4n) is 2.59. The number of nitrogens with two attached hydrogens (primary N) is 2. The number of aliphatic carboxylic acids is 1. The number of guanidine groups is 1. The van der Waals surface area contributed by atoms with Gasteiger partial charge in [-0.25, -0.2) is 13.2 Å². The summed E-state index contributed by atoms with van der Waals surface area (Å²) in [6.07, 6.45) is -5.30. The molecule has 1 aromatic carbocycles. The lowest BCUT2D eigenvalue weighted by atomic mass is 10.1. The number of aromatic nitrogens is 1. The number of carbonyl (C=O) groups excluding carboxylic acids is 1. The number of halogens is 3. The molecule has 8 N–H and O–H groups in total. The van der Waals surface area contributed by atoms with Gasteiger partial charge in [-0.2, -0.15) is 13.2 Å². The third-order valence-corrected chi connectivity index (χ3v) is 5.21. The number of nitrogens with zero attached hydrogens (tertiary/aromatic N) is 1. The van der Waals surface area contributed by atoms with Crippen molar-refractivity contribution in [3.63, 3.8) is 0 Å². The smallest absolute Gasteiger partial charge is 0.475 e. The molecule has 1 amide bonds. The van der Waals surface area contributed by atoms with Gasteiger partial charge in [-0.05, 0) is 29.3 Å². The Kier molecular flexibility index (Phi) is 11.4. The predicted molar refractivity (Wildman–Crippen MR) is 127 cm³/mol. The van der Waals surface area contributed by atoms with Crippen LogP contribution in [0.25, 0.3) is 0 Å². The molecule has 0 aliphatic carbocycles. The average Bonchev–Trinajstić information content (AvgIpc) is 2.76. The fourth-order valence-corrected chi connectivity index (χ4v) is 3.82. The Morgan fingerprint density at radius 3 is 2.32 bits per heavy atom. The van der Waals surface area contributed by atoms with Gasteiger partial charge in [-0.15, -0.1) is 0 Å². The van der Waals surface area contributed by atoms with E-state index < -0.39 is 33.6 Å². The normalized spacial score (nSPS) is 10.9. The summed E-state index contributed by atoms with van der Waals surface area (Å²) in [6.45, 7) is 1.79. The lowest BCUT2D eigenvalue weighted by Crippen LogP contribution is -2.30. The number of carbonyl (C=O) groups is 2. The van der Waals surface area contributed by atoms with E-state index in [1.807, 2.05) is 0 Å². The first-order valence-corrected chi connectivity index (χ1v) is 11.8. The maximum atomic E-state index is 12.5. The zero-order valence-electron chi connectivity index (χ0n) is 19.3. The fraction of sp³-hybridized carbons (Fsp3) is 0.300. The molecule has 17 heteroatoms. The Bertz CT molecular complexity index is 1260. The first-order chi connectivity index (χ1) is 17.1. The van der Waals surface area contributed by atoms with Gasteiger partial charge in [-0.1, -0.05) is 30.3 Å². The zero-order valence-corrected chi connectivity index (χ0v) is 20.1. The number of carboxylic acid groups (broad SMARTS) is 1. The predicted octanol–water partition coefficient (Wildman–Crippen LogP) is 0.122. The van der Waals surface area contributed by atoms with E-state index in [0.717, 1.165) is 0 Å². The first kappa shape index (κ1) is 30.8. The van der Waals surface area contributed by atoms with Gasteiger partial charge < -0.3 is 31.7 Å². The van der Waals surface area contributed by atoms with Crippen LogP contribution in [0.3, 0.4) is 0 Å². The van der Waals surface area contributed by atoms with Crippen LogP contribution in [0, 0.1) is 6.92 Å². The maximum Gasteiger partial charge on any atom is 0.490 e. The Morgan fingerprint density at radius 1 is 1.19 bits per heavy atom. The lowest BCUT2D eigenvalue weighted by molar-refractivity contribution is -0.192. The molecule has 2 aromatic rings. The number of amides is 1. The Morgan fingerprint density at radius 2 is 1.78 bits per heavy atom. The number of hydrogen-bond acceptors (Lipinski definition) is 7. The zero-order chi connectivity index (χ0) is 28.2. The molecule has 1 aromatic heterocycles. The molecule has 2 rings (SSSR count). The number of pyridine rings is 1. The van der Waals surface area contributed by atoms with E-state index in [4.69, 9.17) is 26.2 Å². The van der Waals surface area contributed by atoms with Crippen LogP contribution in [0.15, 0.2) is 46.3 Å². The number of alkyl halides is 3. The summed E-state index contributed by atoms with van der Waals surface area (Å²) in [5, 5.41) is 13.0. The van der Waals surface area contributed by atoms with E-state index in [0.29, 0.717) is 11.3 Å². The Labute approximate surface area is 208 Å². The van der Waals surface area contributed by atoms with Crippen LogP contribution in [-0.4, -0.2) is 55.7 Å². The first-order valence-electron chi connectivity index (χ1n) is 10.2. The second kappa shape index (κ2) is 13.7. The number of anilines is 1. The number of aromatic amines is 1. The monoisotopic (exact) mass is 550 g/mol. The second-order valence-corrected chi connectivity index (χ2v) is 8.93. The van der Waals surface area contributed by atoms with Crippen LogP contribution in [0.4, 0.5) is 18.9 Å². The van der Waals surface area contributed by atoms with E-state index in [1.165, 1.54) is 6.07 Å². The summed E-state index contributed by atoms with van der Waals surface area (Å²) >= 11 is 0. The summed E-state index contributed by atoms with van der Waals surface area (Å²) in [7, 11) is -3.87. The highest BCUT2D eigenvalue weighted by molar-refractivity contribution is 7.91. The largest absolute Gasteiger partial charge is 0.490 e. The summed E-state index contributed by atoms with van der Waals surface area (Å²) in [5.41, 5.74) is 10.7. The number of sulfonamides is 1. The number of nitrogens with one attached hydrogen (secondary N) is 3. The van der Waals surface area contributed by atoms with Gasteiger partial charge in [-0.3, -0.25) is 14.3 Å². The van der Waals surface area contributed by atoms with E-state index in [-0.39, 0.29) is 42.5 Å². The molecule has 0 saturated carbocycles. The van der Waals surface area contributed by atoms with Crippen LogP contribution in [0.2, 0.25) is 0 Å². The van der Waals surface area contributed by atoms with Gasteiger partial charge in [0.15, 0.2) is 0 Å². The Balaban J connectivity index is 0.000000856. The van der Waals surface area contributed by atoms with Crippen molar-refractivity contribution in [2.75, 3.05) is 17.9 Å². The van der Waals surface area contributed by atoms with Crippen LogP contribution < -0.4 is 27.1 Å². The number of benzene rings is 1. The topological polar surface area (TPSA) is 219 Å². The van der Waals surface area contributed by atoms with Gasteiger partial charge in [0, 0.05) is 5.69 Å². The maximum absolute atomic E-state index is 12.5. The third kappa shape index (κ3) is 12.3. The number of hydrogen-bond donors (Lipinski definition) is 6. The molecule has 1 heterocycles. The van der Waals surface area contributed by atoms with Crippen molar-refractivity contribution < 1.29 is 41.1 Å². The van der Waals surface area contributed by atoms with Crippen molar-refractivity contribution >= 4 is 33.5 Å². The summed E-state index contributed by atoms with van der Waals surface area (Å²) in [6, 6.07) is 10.1.